The van der Waals surface area contributed by atoms with Gasteiger partial charge in [-0.1, -0.05) is 18.2 Å². The number of guanidine groups is 1. The minimum atomic E-state index is -0.769. The fourth-order valence-corrected chi connectivity index (χ4v) is 3.32. The molecule has 28 heavy (non-hydrogen) atoms. The molecule has 3 rings (SSSR count). The Bertz CT molecular complexity index is 843. The van der Waals surface area contributed by atoms with Gasteiger partial charge in [-0.05, 0) is 37.1 Å². The summed E-state index contributed by atoms with van der Waals surface area (Å²) >= 11 is 6.03. The zero-order chi connectivity index (χ0) is 20.1. The Labute approximate surface area is 167 Å². The minimum absolute atomic E-state index is 0.334. The summed E-state index contributed by atoms with van der Waals surface area (Å²) in [7, 11) is 0. The molecule has 10 heteroatoms. The van der Waals surface area contributed by atoms with Crippen LogP contribution in [-0.2, 0) is 11.3 Å². The van der Waals surface area contributed by atoms with Crippen molar-refractivity contribution in [3.05, 3.63) is 54.0 Å². The van der Waals surface area contributed by atoms with Crippen molar-refractivity contribution >= 4 is 29.2 Å². The molecule has 1 aliphatic rings. The molecular weight excluding hydrogens is 382 g/mol. The first-order valence-corrected chi connectivity index (χ1v) is 9.20. The normalized spacial score (nSPS) is 15.5. The van der Waals surface area contributed by atoms with Crippen molar-refractivity contribution in [3.63, 3.8) is 0 Å². The SMILES string of the molecule is C=C(Cn1nccn1)N(/C(=N\N)N1CCC(C(=O)O)CC1)c1ccc(Cl)cc1. The van der Waals surface area contributed by atoms with E-state index < -0.39 is 5.97 Å². The maximum atomic E-state index is 11.2. The molecule has 0 radical (unpaired) electrons. The fraction of sp³-hybridized carbons (Fsp3) is 0.333. The molecule has 1 fully saturated rings. The molecule has 3 N–H and O–H groups in total. The number of carboxylic acids is 1. The highest BCUT2D eigenvalue weighted by atomic mass is 35.5. The summed E-state index contributed by atoms with van der Waals surface area (Å²) in [6.07, 6.45) is 4.23. The van der Waals surface area contributed by atoms with Crippen molar-refractivity contribution in [1.29, 1.82) is 0 Å². The Morgan fingerprint density at radius 1 is 1.29 bits per heavy atom. The smallest absolute Gasteiger partial charge is 0.306 e. The topological polar surface area (TPSA) is 113 Å². The molecule has 1 saturated heterocycles. The van der Waals surface area contributed by atoms with Gasteiger partial charge >= 0.3 is 5.97 Å². The number of rotatable bonds is 5. The Morgan fingerprint density at radius 2 is 1.89 bits per heavy atom. The van der Waals surface area contributed by atoms with Gasteiger partial charge in [0.15, 0.2) is 0 Å². The molecule has 0 bridgehead atoms. The molecule has 1 aromatic heterocycles. The van der Waals surface area contributed by atoms with Crippen LogP contribution in [0.3, 0.4) is 0 Å². The van der Waals surface area contributed by atoms with Gasteiger partial charge in [-0.2, -0.15) is 15.0 Å². The first kappa shape index (κ1) is 19.7. The summed E-state index contributed by atoms with van der Waals surface area (Å²) in [6.45, 7) is 5.57. The van der Waals surface area contributed by atoms with Crippen molar-refractivity contribution in [1.82, 2.24) is 19.9 Å². The number of anilines is 1. The van der Waals surface area contributed by atoms with Crippen LogP contribution >= 0.6 is 11.6 Å². The summed E-state index contributed by atoms with van der Waals surface area (Å²) < 4.78 is 0. The number of carboxylic acid groups (broad SMARTS) is 1. The summed E-state index contributed by atoms with van der Waals surface area (Å²) in [6, 6.07) is 7.24. The van der Waals surface area contributed by atoms with E-state index in [1.165, 1.54) is 4.80 Å². The van der Waals surface area contributed by atoms with Gasteiger partial charge in [0.25, 0.3) is 0 Å². The van der Waals surface area contributed by atoms with Crippen LogP contribution < -0.4 is 10.7 Å². The number of benzene rings is 1. The monoisotopic (exact) mass is 403 g/mol. The number of hydrogen-bond acceptors (Lipinski definition) is 5. The van der Waals surface area contributed by atoms with Crippen molar-refractivity contribution < 1.29 is 9.90 Å². The Balaban J connectivity index is 1.87. The quantitative estimate of drug-likeness (QED) is 0.339. The number of hydrazone groups is 1. The molecule has 2 aromatic rings. The largest absolute Gasteiger partial charge is 0.481 e. The van der Waals surface area contributed by atoms with Gasteiger partial charge in [0.1, 0.15) is 6.54 Å². The van der Waals surface area contributed by atoms with E-state index in [0.29, 0.717) is 49.2 Å². The third-order valence-electron chi connectivity index (χ3n) is 4.63. The molecule has 0 saturated carbocycles. The summed E-state index contributed by atoms with van der Waals surface area (Å²) in [5.74, 6) is 5.13. The standard InChI is InChI=1S/C18H22ClN7O2/c1-13(12-25-21-8-9-22-25)26(16-4-2-15(19)3-5-16)18(23-20)24-10-6-14(7-11-24)17(27)28/h2-5,8-9,14H,1,6-7,10-12,20H2,(H,27,28)/b23-18-. The van der Waals surface area contributed by atoms with Gasteiger partial charge < -0.3 is 15.8 Å². The average molecular weight is 404 g/mol. The lowest BCUT2D eigenvalue weighted by Gasteiger charge is -2.38. The molecule has 0 atom stereocenters. The van der Waals surface area contributed by atoms with Crippen LogP contribution in [0.5, 0.6) is 0 Å². The number of nitrogens with zero attached hydrogens (tertiary/aromatic N) is 6. The second-order valence-electron chi connectivity index (χ2n) is 6.47. The van der Waals surface area contributed by atoms with E-state index in [0.717, 1.165) is 5.69 Å². The zero-order valence-electron chi connectivity index (χ0n) is 15.3. The van der Waals surface area contributed by atoms with E-state index in [1.807, 2.05) is 21.9 Å². The number of aromatic nitrogens is 3. The van der Waals surface area contributed by atoms with Gasteiger partial charge in [0.05, 0.1) is 18.3 Å². The molecule has 0 amide bonds. The summed E-state index contributed by atoms with van der Waals surface area (Å²) in [5, 5.41) is 22.1. The molecule has 0 spiro atoms. The lowest BCUT2D eigenvalue weighted by molar-refractivity contribution is -0.143. The molecule has 0 aliphatic carbocycles. The van der Waals surface area contributed by atoms with Crippen LogP contribution in [-0.4, -0.2) is 50.0 Å². The van der Waals surface area contributed by atoms with Gasteiger partial charge in [-0.3, -0.25) is 9.69 Å². The lowest BCUT2D eigenvalue weighted by Crippen LogP contribution is -2.49. The minimum Gasteiger partial charge on any atom is -0.481 e. The zero-order valence-corrected chi connectivity index (χ0v) is 16.0. The Morgan fingerprint density at radius 3 is 2.43 bits per heavy atom. The molecule has 1 aromatic carbocycles. The van der Waals surface area contributed by atoms with E-state index in [1.54, 1.807) is 24.5 Å². The number of nitrogens with two attached hydrogens (primary N) is 1. The van der Waals surface area contributed by atoms with Crippen LogP contribution in [0.4, 0.5) is 5.69 Å². The van der Waals surface area contributed by atoms with E-state index in [2.05, 4.69) is 21.9 Å². The first-order chi connectivity index (χ1) is 13.5. The number of halogens is 1. The Hall–Kier alpha value is -3.07. The van der Waals surface area contributed by atoms with Crippen molar-refractivity contribution in [2.45, 2.75) is 19.4 Å². The van der Waals surface area contributed by atoms with Crippen LogP contribution in [0.2, 0.25) is 5.02 Å². The number of likely N-dealkylation sites (tertiary alicyclic amines) is 1. The van der Waals surface area contributed by atoms with E-state index >= 15 is 0 Å². The van der Waals surface area contributed by atoms with Gasteiger partial charge in [0.2, 0.25) is 5.96 Å². The number of hydrogen-bond donors (Lipinski definition) is 2. The summed E-state index contributed by atoms with van der Waals surface area (Å²) in [4.78, 5) is 16.5. The van der Waals surface area contributed by atoms with Gasteiger partial charge in [-0.25, -0.2) is 0 Å². The van der Waals surface area contributed by atoms with Gasteiger partial charge in [-0.15, -0.1) is 5.10 Å². The molecule has 1 aliphatic heterocycles. The summed E-state index contributed by atoms with van der Waals surface area (Å²) in [5.41, 5.74) is 1.44. The number of allylic oxidation sites excluding steroid dienone is 1. The highest BCUT2D eigenvalue weighted by molar-refractivity contribution is 6.30. The average Bonchev–Trinajstić information content (AvgIpc) is 3.20. The van der Waals surface area contributed by atoms with Crippen molar-refractivity contribution in [3.8, 4) is 0 Å². The fourth-order valence-electron chi connectivity index (χ4n) is 3.20. The molecule has 2 heterocycles. The van der Waals surface area contributed by atoms with Crippen molar-refractivity contribution in [2.24, 2.45) is 16.9 Å². The van der Waals surface area contributed by atoms with E-state index in [4.69, 9.17) is 17.4 Å². The van der Waals surface area contributed by atoms with Crippen LogP contribution in [0, 0.1) is 5.92 Å². The number of carbonyl (C=O) groups is 1. The molecule has 148 valence electrons. The van der Waals surface area contributed by atoms with Crippen LogP contribution in [0.15, 0.2) is 54.0 Å². The predicted molar refractivity (Wildman–Crippen MR) is 107 cm³/mol. The highest BCUT2D eigenvalue weighted by Crippen LogP contribution is 2.26. The first-order valence-electron chi connectivity index (χ1n) is 8.83. The molecular formula is C18H22ClN7O2. The van der Waals surface area contributed by atoms with Crippen LogP contribution in [0.1, 0.15) is 12.8 Å². The van der Waals surface area contributed by atoms with E-state index in [-0.39, 0.29) is 5.92 Å². The third kappa shape index (κ3) is 4.42. The molecule has 0 unspecified atom stereocenters. The molecule has 9 nitrogen and oxygen atoms in total. The Kier molecular flexibility index (Phi) is 6.15. The predicted octanol–water partition coefficient (Wildman–Crippen LogP) is 1.98. The van der Waals surface area contributed by atoms with E-state index in [9.17, 15) is 9.90 Å². The second-order valence-corrected chi connectivity index (χ2v) is 6.90. The second kappa shape index (κ2) is 8.75. The number of piperidine rings is 1. The van der Waals surface area contributed by atoms with Gasteiger partial charge in [0, 0.05) is 29.5 Å². The maximum Gasteiger partial charge on any atom is 0.306 e. The van der Waals surface area contributed by atoms with Crippen molar-refractivity contribution in [2.75, 3.05) is 18.0 Å². The third-order valence-corrected chi connectivity index (χ3v) is 4.89. The van der Waals surface area contributed by atoms with Crippen LogP contribution in [0.25, 0.3) is 0 Å². The lowest BCUT2D eigenvalue weighted by atomic mass is 9.97. The highest BCUT2D eigenvalue weighted by Gasteiger charge is 2.30. The number of aliphatic carboxylic acids is 1. The maximum absolute atomic E-state index is 11.2.